The molecule has 3 aromatic heterocycles. The Labute approximate surface area is 185 Å². The van der Waals surface area contributed by atoms with E-state index < -0.39 is 9.84 Å². The second kappa shape index (κ2) is 8.33. The second-order valence-corrected chi connectivity index (χ2v) is 9.67. The van der Waals surface area contributed by atoms with E-state index in [0.717, 1.165) is 11.1 Å². The zero-order chi connectivity index (χ0) is 23.0. The van der Waals surface area contributed by atoms with Gasteiger partial charge in [-0.05, 0) is 38.1 Å². The van der Waals surface area contributed by atoms with Crippen LogP contribution in [0.2, 0.25) is 0 Å². The Morgan fingerprint density at radius 3 is 2.56 bits per heavy atom. The van der Waals surface area contributed by atoms with Gasteiger partial charge in [0.1, 0.15) is 10.3 Å². The zero-order valence-electron chi connectivity index (χ0n) is 18.2. The fraction of sp³-hybridized carbons (Fsp3) is 0.261. The van der Waals surface area contributed by atoms with Crippen LogP contribution in [0.1, 0.15) is 17.5 Å². The molecule has 166 valence electrons. The normalized spacial score (nSPS) is 12.0. The number of hydrogen-bond donors (Lipinski definition) is 1. The summed E-state index contributed by atoms with van der Waals surface area (Å²) in [5.74, 6) is 0.0408. The maximum absolute atomic E-state index is 13.5. The minimum atomic E-state index is -3.96. The minimum Gasteiger partial charge on any atom is -0.385 e. The summed E-state index contributed by atoms with van der Waals surface area (Å²) in [5.41, 5.74) is 8.67. The Morgan fingerprint density at radius 1 is 1.16 bits per heavy atom. The Hall–Kier alpha value is -3.30. The highest BCUT2D eigenvalue weighted by Crippen LogP contribution is 2.26. The molecule has 9 heteroatoms. The van der Waals surface area contributed by atoms with E-state index in [2.05, 4.69) is 0 Å². The molecule has 0 aliphatic heterocycles. The molecule has 3 heterocycles. The van der Waals surface area contributed by atoms with E-state index >= 15 is 0 Å². The Balaban J connectivity index is 2.07. The van der Waals surface area contributed by atoms with Crippen LogP contribution in [0.4, 0.5) is 5.82 Å². The number of rotatable bonds is 6. The van der Waals surface area contributed by atoms with E-state index in [0.29, 0.717) is 30.9 Å². The number of methoxy groups -OCH3 is 1. The Kier molecular flexibility index (Phi) is 5.70. The highest BCUT2D eigenvalue weighted by Gasteiger charge is 2.29. The number of sulfone groups is 1. The highest BCUT2D eigenvalue weighted by atomic mass is 32.2. The first-order valence-corrected chi connectivity index (χ1v) is 11.7. The van der Waals surface area contributed by atoms with E-state index in [-0.39, 0.29) is 26.6 Å². The lowest BCUT2D eigenvalue weighted by atomic mass is 10.2. The molecule has 0 unspecified atom stereocenters. The molecule has 2 N–H and O–H groups in total. The first-order valence-electron chi connectivity index (χ1n) is 10.2. The Morgan fingerprint density at radius 2 is 1.88 bits per heavy atom. The van der Waals surface area contributed by atoms with E-state index in [4.69, 9.17) is 15.5 Å². The van der Waals surface area contributed by atoms with Crippen LogP contribution in [0.15, 0.2) is 63.2 Å². The third-order valence-corrected chi connectivity index (χ3v) is 7.29. The average molecular weight is 454 g/mol. The fourth-order valence-electron chi connectivity index (χ4n) is 3.74. The van der Waals surface area contributed by atoms with Gasteiger partial charge < -0.3 is 10.5 Å². The minimum absolute atomic E-state index is 0.0408. The maximum atomic E-state index is 13.5. The van der Waals surface area contributed by atoms with E-state index in [1.165, 1.54) is 10.5 Å². The van der Waals surface area contributed by atoms with Gasteiger partial charge in [-0.3, -0.25) is 9.20 Å². The number of nitrogens with zero attached hydrogens (tertiary/aromatic N) is 3. The van der Waals surface area contributed by atoms with Gasteiger partial charge in [0.15, 0.2) is 0 Å². The van der Waals surface area contributed by atoms with Crippen LogP contribution in [0.25, 0.3) is 16.7 Å². The van der Waals surface area contributed by atoms with Crippen molar-refractivity contribution >= 4 is 32.3 Å². The highest BCUT2D eigenvalue weighted by molar-refractivity contribution is 7.91. The van der Waals surface area contributed by atoms with Gasteiger partial charge in [-0.2, -0.15) is 0 Å². The zero-order valence-corrected chi connectivity index (χ0v) is 19.0. The first-order chi connectivity index (χ1) is 15.3. The number of aromatic nitrogens is 3. The number of benzene rings is 1. The average Bonchev–Trinajstić information content (AvgIpc) is 2.76. The molecule has 1 aromatic carbocycles. The summed E-state index contributed by atoms with van der Waals surface area (Å²) in [6.45, 7) is 4.54. The summed E-state index contributed by atoms with van der Waals surface area (Å²) in [7, 11) is -2.37. The van der Waals surface area contributed by atoms with Crippen molar-refractivity contribution in [3.63, 3.8) is 0 Å². The van der Waals surface area contributed by atoms with Gasteiger partial charge in [-0.15, -0.1) is 0 Å². The summed E-state index contributed by atoms with van der Waals surface area (Å²) >= 11 is 0. The van der Waals surface area contributed by atoms with Crippen LogP contribution < -0.4 is 15.9 Å². The van der Waals surface area contributed by atoms with Crippen LogP contribution in [-0.2, 0) is 21.1 Å². The third-order valence-electron chi connectivity index (χ3n) is 5.49. The number of aryl methyl sites for hydroxylation is 3. The molecule has 0 saturated carbocycles. The first kappa shape index (κ1) is 21.9. The lowest BCUT2D eigenvalue weighted by Crippen LogP contribution is -2.42. The summed E-state index contributed by atoms with van der Waals surface area (Å²) in [4.78, 5) is 18.0. The smallest absolute Gasteiger partial charge is 0.278 e. The van der Waals surface area contributed by atoms with Gasteiger partial charge in [-0.1, -0.05) is 28.7 Å². The van der Waals surface area contributed by atoms with Crippen molar-refractivity contribution < 1.29 is 17.7 Å². The molecule has 0 aliphatic rings. The number of nitrogen functional groups attached to an aromatic ring is 1. The molecule has 8 nitrogen and oxygen atoms in total. The third kappa shape index (κ3) is 3.63. The van der Waals surface area contributed by atoms with Gasteiger partial charge in [0.25, 0.3) is 11.2 Å². The largest absolute Gasteiger partial charge is 0.385 e. The summed E-state index contributed by atoms with van der Waals surface area (Å²) < 4.78 is 35.1. The summed E-state index contributed by atoms with van der Waals surface area (Å²) in [5, 5.41) is 0.186. The molecule has 0 bridgehead atoms. The van der Waals surface area contributed by atoms with Gasteiger partial charge in [0, 0.05) is 31.9 Å². The molecule has 0 aliphatic carbocycles. The Bertz CT molecular complexity index is 1490. The van der Waals surface area contributed by atoms with Crippen molar-refractivity contribution in [1.82, 2.24) is 9.38 Å². The topological polar surface area (TPSA) is 108 Å². The molecule has 0 radical (unpaired) electrons. The number of anilines is 1. The van der Waals surface area contributed by atoms with Crippen molar-refractivity contribution in [1.29, 1.82) is 0 Å². The molecule has 0 atom stereocenters. The van der Waals surface area contributed by atoms with Gasteiger partial charge >= 0.3 is 0 Å². The predicted octanol–water partition coefficient (Wildman–Crippen LogP) is 2.20. The SMILES string of the molecule is COCCC[n+]1c(N)c(S(=O)(=O)c2ccc(C)cc2)cc2c(=O)n3cccc(C)c3nc21. The van der Waals surface area contributed by atoms with Crippen molar-refractivity contribution in [2.75, 3.05) is 19.5 Å². The van der Waals surface area contributed by atoms with E-state index in [1.807, 2.05) is 19.9 Å². The number of pyridine rings is 2. The monoisotopic (exact) mass is 453 g/mol. The molecule has 0 amide bonds. The van der Waals surface area contributed by atoms with Crippen molar-refractivity contribution in [3.8, 4) is 0 Å². The van der Waals surface area contributed by atoms with Crippen LogP contribution in [-0.4, -0.2) is 31.5 Å². The van der Waals surface area contributed by atoms with E-state index in [1.54, 1.807) is 48.2 Å². The lowest BCUT2D eigenvalue weighted by Gasteiger charge is -2.13. The van der Waals surface area contributed by atoms with E-state index in [9.17, 15) is 13.2 Å². The molecule has 4 rings (SSSR count). The fourth-order valence-corrected chi connectivity index (χ4v) is 5.14. The van der Waals surface area contributed by atoms with Crippen molar-refractivity contribution in [2.45, 2.75) is 36.6 Å². The molecule has 0 spiro atoms. The molecule has 0 saturated heterocycles. The molecule has 32 heavy (non-hydrogen) atoms. The summed E-state index contributed by atoms with van der Waals surface area (Å²) in [6, 6.07) is 11.5. The summed E-state index contributed by atoms with van der Waals surface area (Å²) in [6.07, 6.45) is 2.19. The van der Waals surface area contributed by atoms with Gasteiger partial charge in [0.2, 0.25) is 21.3 Å². The molecule has 4 aromatic rings. The van der Waals surface area contributed by atoms with Crippen molar-refractivity contribution in [2.24, 2.45) is 0 Å². The van der Waals surface area contributed by atoms with Gasteiger partial charge in [0.05, 0.1) is 11.4 Å². The van der Waals surface area contributed by atoms with Crippen LogP contribution in [0.3, 0.4) is 0 Å². The predicted molar refractivity (Wildman–Crippen MR) is 121 cm³/mol. The molecular weight excluding hydrogens is 428 g/mol. The lowest BCUT2D eigenvalue weighted by molar-refractivity contribution is -0.661. The van der Waals surface area contributed by atoms with Crippen LogP contribution in [0, 0.1) is 13.8 Å². The molecule has 0 fully saturated rings. The van der Waals surface area contributed by atoms with Gasteiger partial charge in [-0.25, -0.2) is 13.0 Å². The maximum Gasteiger partial charge on any atom is 0.278 e. The number of nitrogens with two attached hydrogens (primary N) is 1. The van der Waals surface area contributed by atoms with Crippen LogP contribution >= 0.6 is 0 Å². The molecular formula is C23H25N4O4S+. The number of fused-ring (bicyclic) bond motifs is 2. The number of ether oxygens (including phenoxy) is 1. The second-order valence-electron chi connectivity index (χ2n) is 7.75. The standard InChI is InChI=1S/C23H24N4O4S/c1-15-7-9-17(10-8-15)32(29,30)19-14-18-22(26(20(19)24)12-5-13-31-3)25-21-16(2)6-4-11-27(21)23(18)28/h4,6-11,14,24H,5,12-13H2,1-3H3/p+1. The van der Waals surface area contributed by atoms with Crippen LogP contribution in [0.5, 0.6) is 0 Å². The quantitative estimate of drug-likeness (QED) is 0.272. The van der Waals surface area contributed by atoms with Crippen molar-refractivity contribution in [3.05, 3.63) is 70.1 Å². The number of hydrogen-bond acceptors (Lipinski definition) is 6.